The van der Waals surface area contributed by atoms with E-state index in [1.165, 1.54) is 17.2 Å². The Hall–Kier alpha value is -1.67. The molecule has 0 saturated carbocycles. The van der Waals surface area contributed by atoms with Crippen molar-refractivity contribution in [2.45, 2.75) is 25.7 Å². The zero-order valence-corrected chi connectivity index (χ0v) is 12.4. The molecule has 0 saturated heterocycles. The van der Waals surface area contributed by atoms with E-state index in [0.29, 0.717) is 6.42 Å². The number of hydrogen-bond acceptors (Lipinski definition) is 1. The lowest BCUT2D eigenvalue weighted by Gasteiger charge is -2.23. The van der Waals surface area contributed by atoms with E-state index in [4.69, 9.17) is 11.6 Å². The number of rotatable bonds is 3. The van der Waals surface area contributed by atoms with Crippen LogP contribution in [-0.4, -0.2) is 5.78 Å². The Morgan fingerprint density at radius 2 is 1.95 bits per heavy atom. The van der Waals surface area contributed by atoms with E-state index in [9.17, 15) is 9.18 Å². The predicted octanol–water partition coefficient (Wildman–Crippen LogP) is 4.40. The Morgan fingerprint density at radius 1 is 1.19 bits per heavy atom. The lowest BCUT2D eigenvalue weighted by atomic mass is 9.80. The van der Waals surface area contributed by atoms with Gasteiger partial charge in [-0.1, -0.05) is 41.9 Å². The van der Waals surface area contributed by atoms with Gasteiger partial charge in [-0.05, 0) is 48.1 Å². The molecular weight excluding hydrogens is 287 g/mol. The molecule has 1 atom stereocenters. The molecule has 2 aromatic rings. The second-order valence-electron chi connectivity index (χ2n) is 5.60. The summed E-state index contributed by atoms with van der Waals surface area (Å²) in [7, 11) is 0. The molecule has 0 heterocycles. The standard InChI is InChI=1S/C18H16ClFO/c19-16-9-12(5-8-17(16)20)10-18(21)15-7-6-13-3-1-2-4-14(13)11-15/h1-5,8-9,15H,6-7,10-11H2. The van der Waals surface area contributed by atoms with Gasteiger partial charge in [0, 0.05) is 12.3 Å². The molecule has 1 aliphatic rings. The maximum Gasteiger partial charge on any atom is 0.141 e. The van der Waals surface area contributed by atoms with Crippen molar-refractivity contribution in [2.24, 2.45) is 5.92 Å². The molecule has 0 aromatic heterocycles. The quantitative estimate of drug-likeness (QED) is 0.821. The Morgan fingerprint density at radius 3 is 2.71 bits per heavy atom. The van der Waals surface area contributed by atoms with Crippen LogP contribution < -0.4 is 0 Å². The van der Waals surface area contributed by atoms with Gasteiger partial charge in [-0.25, -0.2) is 4.39 Å². The summed E-state index contributed by atoms with van der Waals surface area (Å²) in [5.74, 6) is -0.171. The van der Waals surface area contributed by atoms with Crippen molar-refractivity contribution in [2.75, 3.05) is 0 Å². The predicted molar refractivity (Wildman–Crippen MR) is 82.1 cm³/mol. The van der Waals surface area contributed by atoms with E-state index in [1.807, 2.05) is 12.1 Å². The van der Waals surface area contributed by atoms with Gasteiger partial charge in [-0.2, -0.15) is 0 Å². The van der Waals surface area contributed by atoms with E-state index in [1.54, 1.807) is 12.1 Å². The van der Waals surface area contributed by atoms with Crippen LogP contribution in [0.5, 0.6) is 0 Å². The maximum absolute atomic E-state index is 13.1. The van der Waals surface area contributed by atoms with Crippen molar-refractivity contribution < 1.29 is 9.18 Å². The lowest BCUT2D eigenvalue weighted by Crippen LogP contribution is -2.24. The second-order valence-corrected chi connectivity index (χ2v) is 6.01. The highest BCUT2D eigenvalue weighted by atomic mass is 35.5. The molecule has 0 bridgehead atoms. The molecule has 21 heavy (non-hydrogen) atoms. The van der Waals surface area contributed by atoms with Crippen LogP contribution in [-0.2, 0) is 24.1 Å². The van der Waals surface area contributed by atoms with E-state index in [-0.39, 0.29) is 16.7 Å². The molecule has 0 N–H and O–H groups in total. The van der Waals surface area contributed by atoms with E-state index >= 15 is 0 Å². The molecule has 0 fully saturated rings. The van der Waals surface area contributed by atoms with Crippen molar-refractivity contribution in [3.05, 3.63) is 70.0 Å². The smallest absolute Gasteiger partial charge is 0.141 e. The molecular formula is C18H16ClFO. The van der Waals surface area contributed by atoms with Gasteiger partial charge in [0.25, 0.3) is 0 Å². The molecule has 3 heteroatoms. The molecule has 0 amide bonds. The van der Waals surface area contributed by atoms with Gasteiger partial charge >= 0.3 is 0 Å². The fraction of sp³-hybridized carbons (Fsp3) is 0.278. The summed E-state index contributed by atoms with van der Waals surface area (Å²) in [6.45, 7) is 0. The summed E-state index contributed by atoms with van der Waals surface area (Å²) >= 11 is 5.76. The van der Waals surface area contributed by atoms with Crippen LogP contribution in [0, 0.1) is 11.7 Å². The Kier molecular flexibility index (Phi) is 4.07. The summed E-state index contributed by atoms with van der Waals surface area (Å²) in [6.07, 6.45) is 2.98. The SMILES string of the molecule is O=C(Cc1ccc(F)c(Cl)c1)C1CCc2ccccc2C1. The summed E-state index contributed by atoms with van der Waals surface area (Å²) < 4.78 is 13.1. The van der Waals surface area contributed by atoms with Crippen LogP contribution in [0.25, 0.3) is 0 Å². The van der Waals surface area contributed by atoms with Gasteiger partial charge in [0.05, 0.1) is 5.02 Å². The number of Topliss-reactive ketones (excluding diaryl/α,β-unsaturated/α-hetero) is 1. The molecule has 0 spiro atoms. The molecule has 1 aliphatic carbocycles. The summed E-state index contributed by atoms with van der Waals surface area (Å²) in [5.41, 5.74) is 3.41. The van der Waals surface area contributed by atoms with Crippen molar-refractivity contribution in [1.29, 1.82) is 0 Å². The Bertz CT molecular complexity index is 681. The van der Waals surface area contributed by atoms with Crippen molar-refractivity contribution in [3.63, 3.8) is 0 Å². The fourth-order valence-corrected chi connectivity index (χ4v) is 3.17. The average Bonchev–Trinajstić information content (AvgIpc) is 2.50. The maximum atomic E-state index is 13.1. The van der Waals surface area contributed by atoms with Gasteiger partial charge in [0.2, 0.25) is 0 Å². The Labute approximate surface area is 128 Å². The minimum atomic E-state index is -0.445. The van der Waals surface area contributed by atoms with Crippen LogP contribution in [0.1, 0.15) is 23.1 Å². The van der Waals surface area contributed by atoms with E-state index < -0.39 is 5.82 Å². The first kappa shape index (κ1) is 14.3. The second kappa shape index (κ2) is 5.98. The third kappa shape index (κ3) is 3.16. The first-order valence-electron chi connectivity index (χ1n) is 7.17. The molecule has 1 nitrogen and oxygen atoms in total. The first-order valence-corrected chi connectivity index (χ1v) is 7.54. The van der Waals surface area contributed by atoms with Gasteiger partial charge in [-0.15, -0.1) is 0 Å². The van der Waals surface area contributed by atoms with Crippen LogP contribution in [0.3, 0.4) is 0 Å². The first-order chi connectivity index (χ1) is 10.1. The minimum Gasteiger partial charge on any atom is -0.299 e. The number of hydrogen-bond donors (Lipinski definition) is 0. The van der Waals surface area contributed by atoms with Crippen LogP contribution in [0.4, 0.5) is 4.39 Å². The van der Waals surface area contributed by atoms with Crippen LogP contribution >= 0.6 is 11.6 Å². The van der Waals surface area contributed by atoms with Crippen molar-refractivity contribution >= 4 is 17.4 Å². The van der Waals surface area contributed by atoms with E-state index in [2.05, 4.69) is 12.1 Å². The topological polar surface area (TPSA) is 17.1 Å². The molecule has 108 valence electrons. The molecule has 0 aliphatic heterocycles. The summed E-state index contributed by atoms with van der Waals surface area (Å²) in [5, 5.41) is 0.0780. The Balaban J connectivity index is 1.70. The highest BCUT2D eigenvalue weighted by molar-refractivity contribution is 6.30. The fourth-order valence-electron chi connectivity index (χ4n) is 2.97. The summed E-state index contributed by atoms with van der Waals surface area (Å²) in [6, 6.07) is 12.8. The molecule has 3 rings (SSSR count). The van der Waals surface area contributed by atoms with Crippen LogP contribution in [0.15, 0.2) is 42.5 Å². The highest BCUT2D eigenvalue weighted by Crippen LogP contribution is 2.27. The van der Waals surface area contributed by atoms with Crippen molar-refractivity contribution in [3.8, 4) is 0 Å². The van der Waals surface area contributed by atoms with Gasteiger partial charge in [0.1, 0.15) is 11.6 Å². The third-order valence-electron chi connectivity index (χ3n) is 4.16. The van der Waals surface area contributed by atoms with Gasteiger partial charge < -0.3 is 0 Å². The number of aryl methyl sites for hydroxylation is 1. The number of carbonyl (C=O) groups is 1. The average molecular weight is 303 g/mol. The summed E-state index contributed by atoms with van der Waals surface area (Å²) in [4.78, 5) is 12.4. The normalized spacial score (nSPS) is 17.3. The zero-order chi connectivity index (χ0) is 14.8. The monoisotopic (exact) mass is 302 g/mol. The lowest BCUT2D eigenvalue weighted by molar-refractivity contribution is -0.122. The zero-order valence-electron chi connectivity index (χ0n) is 11.6. The van der Waals surface area contributed by atoms with Crippen LogP contribution in [0.2, 0.25) is 5.02 Å². The van der Waals surface area contributed by atoms with Gasteiger partial charge in [-0.3, -0.25) is 4.79 Å². The number of carbonyl (C=O) groups excluding carboxylic acids is 1. The van der Waals surface area contributed by atoms with E-state index in [0.717, 1.165) is 24.8 Å². The minimum absolute atomic E-state index is 0.0590. The van der Waals surface area contributed by atoms with Gasteiger partial charge in [0.15, 0.2) is 0 Å². The van der Waals surface area contributed by atoms with Crippen molar-refractivity contribution in [1.82, 2.24) is 0 Å². The number of ketones is 1. The molecule has 0 radical (unpaired) electrons. The number of fused-ring (bicyclic) bond motifs is 1. The third-order valence-corrected chi connectivity index (χ3v) is 4.45. The highest BCUT2D eigenvalue weighted by Gasteiger charge is 2.24. The molecule has 2 aromatic carbocycles. The molecule has 1 unspecified atom stereocenters. The largest absolute Gasteiger partial charge is 0.299 e. The number of benzene rings is 2. The number of halogens is 2.